The Kier molecular flexibility index (Phi) is 5.37. The maximum atomic E-state index is 11.6. The minimum atomic E-state index is -0.615. The molecule has 2 aromatic rings. The van der Waals surface area contributed by atoms with Crippen LogP contribution in [0.5, 0.6) is 0 Å². The normalized spacial score (nSPS) is 30.2. The van der Waals surface area contributed by atoms with Gasteiger partial charge in [-0.3, -0.25) is 0 Å². The van der Waals surface area contributed by atoms with Gasteiger partial charge in [-0.25, -0.2) is 0 Å². The van der Waals surface area contributed by atoms with Gasteiger partial charge in [0.2, 0.25) is 0 Å². The minimum absolute atomic E-state index is 0.187. The van der Waals surface area contributed by atoms with Crippen molar-refractivity contribution >= 4 is 0 Å². The molecule has 0 bridgehead atoms. The smallest absolute Gasteiger partial charge is 0.0711 e. The third kappa shape index (κ3) is 3.40. The predicted octanol–water partition coefficient (Wildman–Crippen LogP) is 5.02. The fraction of sp³-hybridized carbons (Fsp3) is 0.455. The second kappa shape index (κ2) is 7.50. The summed E-state index contributed by atoms with van der Waals surface area (Å²) in [6.45, 7) is 4.37. The average molecular weight is 323 g/mol. The van der Waals surface area contributed by atoms with Crippen molar-refractivity contribution in [1.29, 1.82) is 0 Å². The first-order valence-corrected chi connectivity index (χ1v) is 9.26. The van der Waals surface area contributed by atoms with Gasteiger partial charge in [-0.1, -0.05) is 80.9 Å². The van der Waals surface area contributed by atoms with E-state index in [2.05, 4.69) is 73.8 Å². The molecule has 2 aromatic carbocycles. The maximum Gasteiger partial charge on any atom is 0.0711 e. The number of nitrogens with one attached hydrogen (secondary N) is 1. The lowest BCUT2D eigenvalue weighted by molar-refractivity contribution is -0.0827. The van der Waals surface area contributed by atoms with E-state index in [1.54, 1.807) is 0 Å². The molecule has 0 spiro atoms. The van der Waals surface area contributed by atoms with Crippen molar-refractivity contribution in [2.24, 2.45) is 5.92 Å². The number of hydrogen-bond donors (Lipinski definition) is 2. The summed E-state index contributed by atoms with van der Waals surface area (Å²) in [5, 5.41) is 15.4. The largest absolute Gasteiger partial charge is 0.389 e. The van der Waals surface area contributed by atoms with Crippen molar-refractivity contribution in [3.63, 3.8) is 0 Å². The summed E-state index contributed by atoms with van der Waals surface area (Å²) in [4.78, 5) is 0. The first-order valence-electron chi connectivity index (χ1n) is 9.26. The molecule has 0 amide bonds. The molecule has 1 aliphatic heterocycles. The SMILES string of the molecule is CCC[C@@]1(O)C[C@H](c2ccccc2)N[C@H](c2ccccc2)[C@@H]1CC. The molecule has 4 atom stereocenters. The van der Waals surface area contributed by atoms with E-state index < -0.39 is 5.60 Å². The lowest BCUT2D eigenvalue weighted by Gasteiger charge is -2.49. The molecule has 2 N–H and O–H groups in total. The van der Waals surface area contributed by atoms with Gasteiger partial charge < -0.3 is 10.4 Å². The van der Waals surface area contributed by atoms with Crippen LogP contribution in [0.15, 0.2) is 60.7 Å². The van der Waals surface area contributed by atoms with Gasteiger partial charge in [-0.2, -0.15) is 0 Å². The minimum Gasteiger partial charge on any atom is -0.389 e. The van der Waals surface area contributed by atoms with Crippen molar-refractivity contribution in [3.8, 4) is 0 Å². The van der Waals surface area contributed by atoms with Gasteiger partial charge in [0.15, 0.2) is 0 Å². The Bertz CT molecular complexity index is 627. The third-order valence-electron chi connectivity index (χ3n) is 5.51. The maximum absolute atomic E-state index is 11.6. The quantitative estimate of drug-likeness (QED) is 0.810. The Morgan fingerprint density at radius 1 is 0.958 bits per heavy atom. The molecule has 0 saturated carbocycles. The summed E-state index contributed by atoms with van der Waals surface area (Å²) in [5.41, 5.74) is 1.93. The van der Waals surface area contributed by atoms with Crippen LogP contribution in [0.3, 0.4) is 0 Å². The van der Waals surface area contributed by atoms with E-state index in [4.69, 9.17) is 0 Å². The van der Waals surface area contributed by atoms with E-state index in [1.807, 2.05) is 6.07 Å². The van der Waals surface area contributed by atoms with Crippen molar-refractivity contribution in [1.82, 2.24) is 5.32 Å². The summed E-state index contributed by atoms with van der Waals surface area (Å²) in [5.74, 6) is 0.236. The highest BCUT2D eigenvalue weighted by molar-refractivity contribution is 5.26. The van der Waals surface area contributed by atoms with Crippen LogP contribution in [0.2, 0.25) is 0 Å². The summed E-state index contributed by atoms with van der Waals surface area (Å²) in [6, 6.07) is 21.5. The zero-order valence-corrected chi connectivity index (χ0v) is 14.8. The summed E-state index contributed by atoms with van der Waals surface area (Å²) in [6.07, 6.45) is 3.63. The highest BCUT2D eigenvalue weighted by Gasteiger charge is 2.46. The van der Waals surface area contributed by atoms with Gasteiger partial charge >= 0.3 is 0 Å². The van der Waals surface area contributed by atoms with Crippen LogP contribution in [-0.2, 0) is 0 Å². The molecule has 0 unspecified atom stereocenters. The number of hydrogen-bond acceptors (Lipinski definition) is 2. The van der Waals surface area contributed by atoms with E-state index in [0.717, 1.165) is 25.7 Å². The van der Waals surface area contributed by atoms with Crippen LogP contribution in [0.4, 0.5) is 0 Å². The van der Waals surface area contributed by atoms with E-state index >= 15 is 0 Å². The molecule has 0 aromatic heterocycles. The second-order valence-electron chi connectivity index (χ2n) is 7.09. The monoisotopic (exact) mass is 323 g/mol. The highest BCUT2D eigenvalue weighted by atomic mass is 16.3. The molecule has 24 heavy (non-hydrogen) atoms. The van der Waals surface area contributed by atoms with E-state index in [9.17, 15) is 5.11 Å². The molecule has 0 aliphatic carbocycles. The number of benzene rings is 2. The highest BCUT2D eigenvalue weighted by Crippen LogP contribution is 2.46. The molecule has 1 saturated heterocycles. The van der Waals surface area contributed by atoms with Gasteiger partial charge in [0.05, 0.1) is 5.60 Å². The summed E-state index contributed by atoms with van der Waals surface area (Å²) >= 11 is 0. The first-order chi connectivity index (χ1) is 11.7. The van der Waals surface area contributed by atoms with Crippen LogP contribution in [-0.4, -0.2) is 10.7 Å². The standard InChI is InChI=1S/C22H29NO/c1-3-15-22(24)16-20(17-11-7-5-8-12-17)23-21(19(22)4-2)18-13-9-6-10-14-18/h5-14,19-21,23-24H,3-4,15-16H2,1-2H3/t19-,20+,21+,22+/m0/s1. The fourth-order valence-electron chi connectivity index (χ4n) is 4.43. The number of aliphatic hydroxyl groups is 1. The van der Waals surface area contributed by atoms with E-state index in [0.29, 0.717) is 0 Å². The zero-order chi connectivity index (χ0) is 17.0. The molecular formula is C22H29NO. The molecule has 2 nitrogen and oxygen atoms in total. The summed E-state index contributed by atoms with van der Waals surface area (Å²) in [7, 11) is 0. The molecule has 3 rings (SSSR count). The molecular weight excluding hydrogens is 294 g/mol. The zero-order valence-electron chi connectivity index (χ0n) is 14.8. The topological polar surface area (TPSA) is 32.3 Å². The second-order valence-corrected chi connectivity index (χ2v) is 7.09. The van der Waals surface area contributed by atoms with Crippen LogP contribution < -0.4 is 5.32 Å². The number of piperidine rings is 1. The van der Waals surface area contributed by atoms with Gasteiger partial charge in [0, 0.05) is 18.0 Å². The molecule has 1 fully saturated rings. The fourth-order valence-corrected chi connectivity index (χ4v) is 4.43. The predicted molar refractivity (Wildman–Crippen MR) is 99.8 cm³/mol. The van der Waals surface area contributed by atoms with Crippen molar-refractivity contribution in [3.05, 3.63) is 71.8 Å². The van der Waals surface area contributed by atoms with Crippen molar-refractivity contribution in [2.75, 3.05) is 0 Å². The Morgan fingerprint density at radius 3 is 2.08 bits per heavy atom. The van der Waals surface area contributed by atoms with Gasteiger partial charge in [-0.15, -0.1) is 0 Å². The van der Waals surface area contributed by atoms with Crippen LogP contribution in [0.1, 0.15) is 62.7 Å². The lowest BCUT2D eigenvalue weighted by Crippen LogP contribution is -2.52. The van der Waals surface area contributed by atoms with Crippen molar-refractivity contribution < 1.29 is 5.11 Å². The number of rotatable bonds is 5. The first kappa shape index (κ1) is 17.2. The van der Waals surface area contributed by atoms with Gasteiger partial charge in [0.1, 0.15) is 0 Å². The molecule has 128 valence electrons. The average Bonchev–Trinajstić information content (AvgIpc) is 2.62. The Morgan fingerprint density at radius 2 is 1.54 bits per heavy atom. The molecule has 1 heterocycles. The molecule has 1 aliphatic rings. The van der Waals surface area contributed by atoms with Crippen LogP contribution in [0, 0.1) is 5.92 Å². The lowest BCUT2D eigenvalue weighted by atomic mass is 9.68. The van der Waals surface area contributed by atoms with Crippen molar-refractivity contribution in [2.45, 2.75) is 57.2 Å². The Balaban J connectivity index is 1.98. The Labute approximate surface area is 145 Å². The molecule has 2 heteroatoms. The van der Waals surface area contributed by atoms with Crippen LogP contribution >= 0.6 is 0 Å². The van der Waals surface area contributed by atoms with Gasteiger partial charge in [0.25, 0.3) is 0 Å². The molecule has 0 radical (unpaired) electrons. The van der Waals surface area contributed by atoms with E-state index in [-0.39, 0.29) is 18.0 Å². The van der Waals surface area contributed by atoms with E-state index in [1.165, 1.54) is 11.1 Å². The Hall–Kier alpha value is -1.64. The van der Waals surface area contributed by atoms with Gasteiger partial charge in [-0.05, 0) is 30.4 Å². The van der Waals surface area contributed by atoms with Crippen LogP contribution in [0.25, 0.3) is 0 Å². The third-order valence-corrected chi connectivity index (χ3v) is 5.51. The summed E-state index contributed by atoms with van der Waals surface area (Å²) < 4.78 is 0.